The molecule has 1 aliphatic rings. The Morgan fingerprint density at radius 2 is 1.82 bits per heavy atom. The number of para-hydroxylation sites is 1. The molecule has 1 aliphatic heterocycles. The molecule has 0 unspecified atom stereocenters. The molecule has 0 N–H and O–H groups in total. The molecule has 0 radical (unpaired) electrons. The Morgan fingerprint density at radius 3 is 2.52 bits per heavy atom. The molecule has 2 aromatic rings. The number of carbonyl (C=O) groups is 2. The van der Waals surface area contributed by atoms with Gasteiger partial charge in [0.15, 0.2) is 6.61 Å². The standard InChI is InChI=1S/C23H24ClN3O6/c24-20-8-6-18(16-21(20)27(30)31)7-9-23(29)33-17-22(28)26-12-10-25(11-13-26)14-15-32-19-4-2-1-3-5-19/h1-9,16H,10-15,17H2. The van der Waals surface area contributed by atoms with Crippen molar-refractivity contribution in [3.05, 3.63) is 75.3 Å². The van der Waals surface area contributed by atoms with Gasteiger partial charge in [0.05, 0.1) is 4.92 Å². The van der Waals surface area contributed by atoms with Gasteiger partial charge in [0.25, 0.3) is 11.6 Å². The van der Waals surface area contributed by atoms with Crippen molar-refractivity contribution in [2.45, 2.75) is 0 Å². The molecule has 0 atom stereocenters. The number of halogens is 1. The molecule has 174 valence electrons. The lowest BCUT2D eigenvalue weighted by molar-refractivity contribution is -0.384. The quantitative estimate of drug-likeness (QED) is 0.239. The van der Waals surface area contributed by atoms with Crippen LogP contribution >= 0.6 is 11.6 Å². The van der Waals surface area contributed by atoms with Crippen molar-refractivity contribution in [2.24, 2.45) is 0 Å². The van der Waals surface area contributed by atoms with Crippen molar-refractivity contribution in [1.82, 2.24) is 9.80 Å². The summed E-state index contributed by atoms with van der Waals surface area (Å²) < 4.78 is 10.7. The van der Waals surface area contributed by atoms with Gasteiger partial charge in [0.2, 0.25) is 0 Å². The Balaban J connectivity index is 1.36. The van der Waals surface area contributed by atoms with Gasteiger partial charge >= 0.3 is 5.97 Å². The van der Waals surface area contributed by atoms with Crippen LogP contribution in [0.3, 0.4) is 0 Å². The smallest absolute Gasteiger partial charge is 0.331 e. The molecule has 33 heavy (non-hydrogen) atoms. The highest BCUT2D eigenvalue weighted by molar-refractivity contribution is 6.32. The summed E-state index contributed by atoms with van der Waals surface area (Å²) in [6, 6.07) is 13.8. The predicted molar refractivity (Wildman–Crippen MR) is 123 cm³/mol. The number of ether oxygens (including phenoxy) is 2. The van der Waals surface area contributed by atoms with E-state index in [9.17, 15) is 19.7 Å². The van der Waals surface area contributed by atoms with Crippen LogP contribution in [0.4, 0.5) is 5.69 Å². The number of hydrogen-bond donors (Lipinski definition) is 0. The molecular formula is C23H24ClN3O6. The highest BCUT2D eigenvalue weighted by Gasteiger charge is 2.21. The topological polar surface area (TPSA) is 102 Å². The van der Waals surface area contributed by atoms with E-state index in [2.05, 4.69) is 4.90 Å². The Kier molecular flexibility index (Phi) is 8.79. The van der Waals surface area contributed by atoms with Gasteiger partial charge in [-0.3, -0.25) is 19.8 Å². The third-order valence-electron chi connectivity index (χ3n) is 5.06. The van der Waals surface area contributed by atoms with Crippen LogP contribution in [0.5, 0.6) is 5.75 Å². The van der Waals surface area contributed by atoms with Crippen molar-refractivity contribution in [3.63, 3.8) is 0 Å². The number of hydrogen-bond acceptors (Lipinski definition) is 7. The van der Waals surface area contributed by atoms with Gasteiger partial charge in [0, 0.05) is 44.9 Å². The van der Waals surface area contributed by atoms with E-state index < -0.39 is 10.9 Å². The number of rotatable bonds is 9. The van der Waals surface area contributed by atoms with Gasteiger partial charge in [-0.15, -0.1) is 0 Å². The third-order valence-corrected chi connectivity index (χ3v) is 5.38. The molecule has 10 heteroatoms. The fourth-order valence-electron chi connectivity index (χ4n) is 3.24. The third kappa shape index (κ3) is 7.58. The molecule has 0 saturated carbocycles. The molecule has 2 aromatic carbocycles. The zero-order valence-electron chi connectivity index (χ0n) is 17.9. The summed E-state index contributed by atoms with van der Waals surface area (Å²) >= 11 is 5.76. The maximum atomic E-state index is 12.3. The highest BCUT2D eigenvalue weighted by Crippen LogP contribution is 2.25. The number of nitrogens with zero attached hydrogens (tertiary/aromatic N) is 3. The van der Waals surface area contributed by atoms with Crippen LogP contribution in [0.1, 0.15) is 5.56 Å². The summed E-state index contributed by atoms with van der Waals surface area (Å²) in [7, 11) is 0. The summed E-state index contributed by atoms with van der Waals surface area (Å²) in [4.78, 5) is 38.4. The largest absolute Gasteiger partial charge is 0.492 e. The van der Waals surface area contributed by atoms with Crippen molar-refractivity contribution in [3.8, 4) is 5.75 Å². The summed E-state index contributed by atoms with van der Waals surface area (Å²) in [5, 5.41) is 10.9. The first-order valence-corrected chi connectivity index (χ1v) is 10.8. The highest BCUT2D eigenvalue weighted by atomic mass is 35.5. The van der Waals surface area contributed by atoms with E-state index in [4.69, 9.17) is 21.1 Å². The molecule has 0 bridgehead atoms. The van der Waals surface area contributed by atoms with Crippen LogP contribution in [0.2, 0.25) is 5.02 Å². The normalized spacial score (nSPS) is 14.3. The number of benzene rings is 2. The number of esters is 1. The molecule has 0 spiro atoms. The minimum absolute atomic E-state index is 0.00846. The molecule has 0 aromatic heterocycles. The van der Waals surface area contributed by atoms with Crippen molar-refractivity contribution >= 4 is 35.2 Å². The average molecular weight is 474 g/mol. The van der Waals surface area contributed by atoms with E-state index in [0.717, 1.165) is 18.4 Å². The molecule has 1 saturated heterocycles. The Hall–Kier alpha value is -3.43. The van der Waals surface area contributed by atoms with Crippen molar-refractivity contribution in [2.75, 3.05) is 45.9 Å². The van der Waals surface area contributed by atoms with Crippen LogP contribution in [0, 0.1) is 10.1 Å². The second-order valence-electron chi connectivity index (χ2n) is 7.29. The van der Waals surface area contributed by atoms with Gasteiger partial charge in [-0.1, -0.05) is 35.9 Å². The zero-order valence-corrected chi connectivity index (χ0v) is 18.6. The minimum Gasteiger partial charge on any atom is -0.492 e. The van der Waals surface area contributed by atoms with Crippen molar-refractivity contribution < 1.29 is 24.0 Å². The Morgan fingerprint density at radius 1 is 1.09 bits per heavy atom. The minimum atomic E-state index is -0.711. The van der Waals surface area contributed by atoms with E-state index >= 15 is 0 Å². The van der Waals surface area contributed by atoms with Crippen LogP contribution in [-0.2, 0) is 14.3 Å². The summed E-state index contributed by atoms with van der Waals surface area (Å²) in [5.74, 6) is -0.145. The van der Waals surface area contributed by atoms with Crippen LogP contribution < -0.4 is 4.74 Å². The van der Waals surface area contributed by atoms with Crippen LogP contribution in [0.25, 0.3) is 6.08 Å². The lowest BCUT2D eigenvalue weighted by Gasteiger charge is -2.34. The molecule has 9 nitrogen and oxygen atoms in total. The molecule has 3 rings (SSSR count). The van der Waals surface area contributed by atoms with E-state index in [1.54, 1.807) is 4.90 Å². The number of amides is 1. The predicted octanol–water partition coefficient (Wildman–Crippen LogP) is 3.03. The fourth-order valence-corrected chi connectivity index (χ4v) is 3.43. The van der Waals surface area contributed by atoms with E-state index in [1.165, 1.54) is 24.3 Å². The lowest BCUT2D eigenvalue weighted by Crippen LogP contribution is -2.50. The second kappa shape index (κ2) is 12.0. The maximum absolute atomic E-state index is 12.3. The lowest BCUT2D eigenvalue weighted by atomic mass is 10.2. The van der Waals surface area contributed by atoms with E-state index in [0.29, 0.717) is 38.3 Å². The Labute approximate surface area is 196 Å². The zero-order chi connectivity index (χ0) is 23.6. The first-order chi connectivity index (χ1) is 15.9. The van der Waals surface area contributed by atoms with E-state index in [-0.39, 0.29) is 23.2 Å². The molecular weight excluding hydrogens is 450 g/mol. The number of nitro groups is 1. The monoisotopic (exact) mass is 473 g/mol. The summed E-state index contributed by atoms with van der Waals surface area (Å²) in [6.07, 6.45) is 2.48. The average Bonchev–Trinajstić information content (AvgIpc) is 2.83. The van der Waals surface area contributed by atoms with Gasteiger partial charge in [-0.05, 0) is 29.8 Å². The van der Waals surface area contributed by atoms with Crippen LogP contribution in [0.15, 0.2) is 54.6 Å². The van der Waals surface area contributed by atoms with Gasteiger partial charge in [-0.2, -0.15) is 0 Å². The van der Waals surface area contributed by atoms with Gasteiger partial charge < -0.3 is 14.4 Å². The summed E-state index contributed by atoms with van der Waals surface area (Å²) in [6.45, 7) is 3.50. The fraction of sp³-hybridized carbons (Fsp3) is 0.304. The molecule has 0 aliphatic carbocycles. The number of nitro benzene ring substituents is 1. The first-order valence-electron chi connectivity index (χ1n) is 10.4. The van der Waals surface area contributed by atoms with Gasteiger partial charge in [-0.25, -0.2) is 4.79 Å². The SMILES string of the molecule is O=C(C=Cc1ccc(Cl)c([N+](=O)[O-])c1)OCC(=O)N1CCN(CCOc2ccccc2)CC1. The molecule has 1 fully saturated rings. The Bertz CT molecular complexity index is 1010. The number of carbonyl (C=O) groups excluding carboxylic acids is 2. The van der Waals surface area contributed by atoms with E-state index in [1.807, 2.05) is 30.3 Å². The first kappa shape index (κ1) is 24.2. The maximum Gasteiger partial charge on any atom is 0.331 e. The molecule has 1 amide bonds. The van der Waals surface area contributed by atoms with Crippen LogP contribution in [-0.4, -0.2) is 72.5 Å². The molecule has 1 heterocycles. The van der Waals surface area contributed by atoms with Crippen molar-refractivity contribution in [1.29, 1.82) is 0 Å². The second-order valence-corrected chi connectivity index (χ2v) is 7.70. The summed E-state index contributed by atoms with van der Waals surface area (Å²) in [5.41, 5.74) is 0.162. The number of piperazine rings is 1. The van der Waals surface area contributed by atoms with Gasteiger partial charge in [0.1, 0.15) is 17.4 Å².